The first kappa shape index (κ1) is 20.7. The van der Waals surface area contributed by atoms with Crippen LogP contribution in [0.25, 0.3) is 0 Å². The maximum absolute atomic E-state index is 13.4. The normalized spacial score (nSPS) is 20.7. The van der Waals surface area contributed by atoms with Gasteiger partial charge in [-0.05, 0) is 43.9 Å². The van der Waals surface area contributed by atoms with Crippen LogP contribution >= 0.6 is 0 Å². The summed E-state index contributed by atoms with van der Waals surface area (Å²) in [6.45, 7) is 3.72. The summed E-state index contributed by atoms with van der Waals surface area (Å²) < 4.78 is 0. The molecule has 0 saturated carbocycles. The van der Waals surface area contributed by atoms with Crippen molar-refractivity contribution in [2.24, 2.45) is 10.9 Å². The third kappa shape index (κ3) is 3.91. The fourth-order valence-corrected chi connectivity index (χ4v) is 4.43. The minimum Gasteiger partial charge on any atom is -0.325 e. The van der Waals surface area contributed by atoms with Crippen molar-refractivity contribution < 1.29 is 14.5 Å². The first-order valence-electron chi connectivity index (χ1n) is 10.3. The molecule has 0 radical (unpaired) electrons. The molecule has 158 valence electrons. The molecule has 1 aliphatic carbocycles. The van der Waals surface area contributed by atoms with Gasteiger partial charge < -0.3 is 5.32 Å². The van der Waals surface area contributed by atoms with Gasteiger partial charge in [0.2, 0.25) is 5.91 Å². The van der Waals surface area contributed by atoms with Crippen LogP contribution in [0.3, 0.4) is 0 Å². The van der Waals surface area contributed by atoms with Crippen molar-refractivity contribution >= 4 is 28.8 Å². The molecule has 4 rings (SSSR count). The number of nitro benzene ring substituents is 1. The minimum absolute atomic E-state index is 0.00505. The van der Waals surface area contributed by atoms with Crippen molar-refractivity contribution in [1.29, 1.82) is 0 Å². The van der Waals surface area contributed by atoms with Crippen molar-refractivity contribution in [1.82, 2.24) is 0 Å². The number of ketones is 1. The number of aliphatic imine (C=N–C) groups is 1. The van der Waals surface area contributed by atoms with Crippen LogP contribution in [0.5, 0.6) is 0 Å². The highest BCUT2D eigenvalue weighted by Crippen LogP contribution is 2.43. The van der Waals surface area contributed by atoms with E-state index in [1.807, 2.05) is 38.1 Å². The third-order valence-corrected chi connectivity index (χ3v) is 5.98. The summed E-state index contributed by atoms with van der Waals surface area (Å²) in [4.78, 5) is 41.6. The molecule has 2 atom stereocenters. The summed E-state index contributed by atoms with van der Waals surface area (Å²) in [7, 11) is 0. The molecule has 1 amide bonds. The van der Waals surface area contributed by atoms with Crippen LogP contribution in [0.1, 0.15) is 43.2 Å². The van der Waals surface area contributed by atoms with Crippen LogP contribution < -0.4 is 5.32 Å². The van der Waals surface area contributed by atoms with Gasteiger partial charge in [-0.25, -0.2) is 0 Å². The predicted molar refractivity (Wildman–Crippen MR) is 118 cm³/mol. The van der Waals surface area contributed by atoms with Crippen LogP contribution in [0.4, 0.5) is 11.4 Å². The number of anilines is 1. The summed E-state index contributed by atoms with van der Waals surface area (Å²) in [5.41, 5.74) is 4.25. The van der Waals surface area contributed by atoms with Crippen LogP contribution in [0, 0.1) is 23.0 Å². The highest BCUT2D eigenvalue weighted by molar-refractivity contribution is 6.13. The molecule has 1 N–H and O–H groups in total. The van der Waals surface area contributed by atoms with Crippen LogP contribution in [-0.4, -0.2) is 22.3 Å². The smallest absolute Gasteiger partial charge is 0.269 e. The lowest BCUT2D eigenvalue weighted by molar-refractivity contribution is -0.384. The summed E-state index contributed by atoms with van der Waals surface area (Å²) in [6.07, 6.45) is 1.85. The van der Waals surface area contributed by atoms with E-state index in [9.17, 15) is 19.7 Å². The fourth-order valence-electron chi connectivity index (χ4n) is 4.43. The molecule has 0 spiro atoms. The maximum Gasteiger partial charge on any atom is 0.269 e. The molecule has 1 heterocycles. The van der Waals surface area contributed by atoms with E-state index in [-0.39, 0.29) is 17.4 Å². The molecular formula is C24H23N3O4. The van der Waals surface area contributed by atoms with Gasteiger partial charge in [0, 0.05) is 47.1 Å². The topological polar surface area (TPSA) is 102 Å². The number of carbonyl (C=O) groups is 2. The van der Waals surface area contributed by atoms with Crippen molar-refractivity contribution in [3.05, 3.63) is 81.0 Å². The van der Waals surface area contributed by atoms with Gasteiger partial charge in [-0.1, -0.05) is 30.3 Å². The first-order valence-corrected chi connectivity index (χ1v) is 10.3. The van der Waals surface area contributed by atoms with Gasteiger partial charge in [0.05, 0.1) is 10.8 Å². The molecule has 1 unspecified atom stereocenters. The molecule has 2 aromatic carbocycles. The molecule has 2 aliphatic rings. The predicted octanol–water partition coefficient (Wildman–Crippen LogP) is 4.72. The van der Waals surface area contributed by atoms with E-state index in [2.05, 4.69) is 10.3 Å². The lowest BCUT2D eigenvalue weighted by atomic mass is 9.71. The Morgan fingerprint density at radius 3 is 2.48 bits per heavy atom. The monoisotopic (exact) mass is 417 g/mol. The molecule has 0 fully saturated rings. The lowest BCUT2D eigenvalue weighted by Crippen LogP contribution is -2.39. The Balaban J connectivity index is 1.78. The molecule has 1 aliphatic heterocycles. The Labute approximate surface area is 180 Å². The van der Waals surface area contributed by atoms with Gasteiger partial charge in [0.15, 0.2) is 5.78 Å². The highest BCUT2D eigenvalue weighted by atomic mass is 16.6. The molecule has 7 nitrogen and oxygen atoms in total. The van der Waals surface area contributed by atoms with Gasteiger partial charge in [-0.15, -0.1) is 0 Å². The van der Waals surface area contributed by atoms with Crippen molar-refractivity contribution in [2.75, 3.05) is 5.32 Å². The minimum atomic E-state index is -0.679. The highest BCUT2D eigenvalue weighted by Gasteiger charge is 2.42. The number of non-ortho nitro benzene ring substituents is 1. The molecule has 0 bridgehead atoms. The van der Waals surface area contributed by atoms with E-state index in [4.69, 9.17) is 0 Å². The Hall–Kier alpha value is -3.61. The second-order valence-corrected chi connectivity index (χ2v) is 8.00. The second kappa shape index (κ2) is 8.26. The summed E-state index contributed by atoms with van der Waals surface area (Å²) in [6, 6.07) is 13.6. The molecule has 7 heteroatoms. The molecular weight excluding hydrogens is 394 g/mol. The third-order valence-electron chi connectivity index (χ3n) is 5.98. The summed E-state index contributed by atoms with van der Waals surface area (Å²) in [5, 5.41) is 14.1. The Morgan fingerprint density at radius 1 is 1.10 bits per heavy atom. The number of Topliss-reactive ketones (excluding diaryl/α,β-unsaturated/α-hetero) is 1. The number of para-hydroxylation sites is 1. The van der Waals surface area contributed by atoms with E-state index in [1.54, 1.807) is 12.1 Å². The number of allylic oxidation sites excluding steroid dienone is 2. The van der Waals surface area contributed by atoms with Crippen LogP contribution in [-0.2, 0) is 9.59 Å². The lowest BCUT2D eigenvalue weighted by Gasteiger charge is -2.35. The zero-order valence-corrected chi connectivity index (χ0v) is 17.4. The Morgan fingerprint density at radius 2 is 1.81 bits per heavy atom. The van der Waals surface area contributed by atoms with Gasteiger partial charge in [0.25, 0.3) is 5.69 Å². The van der Waals surface area contributed by atoms with Gasteiger partial charge >= 0.3 is 0 Å². The van der Waals surface area contributed by atoms with Crippen molar-refractivity contribution in [3.8, 4) is 0 Å². The Bertz CT molecular complexity index is 1130. The number of nitro groups is 1. The molecule has 31 heavy (non-hydrogen) atoms. The van der Waals surface area contributed by atoms with Crippen molar-refractivity contribution in [3.63, 3.8) is 0 Å². The van der Waals surface area contributed by atoms with E-state index < -0.39 is 16.8 Å². The van der Waals surface area contributed by atoms with Crippen molar-refractivity contribution in [2.45, 2.75) is 39.0 Å². The molecule has 0 aromatic heterocycles. The Kier molecular flexibility index (Phi) is 5.50. The number of carbonyl (C=O) groups excluding carboxylic acids is 2. The standard InChI is InChI=1S/C24H23N3O4/c1-14-6-3-4-7-18(14)26-24(29)21-15(2)25-19-8-5-9-20(28)23(19)22(21)16-10-12-17(13-11-16)27(30)31/h3-4,6-7,10-13,21-22H,5,8-9H2,1-2H3,(H,26,29)/t21?,22-/m0/s1. The number of amides is 1. The number of nitrogens with zero attached hydrogens (tertiary/aromatic N) is 2. The number of hydrogen-bond donors (Lipinski definition) is 1. The number of benzene rings is 2. The number of aryl methyl sites for hydroxylation is 1. The zero-order valence-electron chi connectivity index (χ0n) is 17.4. The first-order chi connectivity index (χ1) is 14.9. The van der Waals surface area contributed by atoms with Gasteiger partial charge in [0.1, 0.15) is 0 Å². The second-order valence-electron chi connectivity index (χ2n) is 8.00. The van der Waals surface area contributed by atoms with Gasteiger partial charge in [-0.3, -0.25) is 24.7 Å². The average molecular weight is 417 g/mol. The number of hydrogen-bond acceptors (Lipinski definition) is 5. The maximum atomic E-state index is 13.4. The molecule has 2 aromatic rings. The van der Waals surface area contributed by atoms with E-state index in [1.165, 1.54) is 12.1 Å². The number of nitrogens with one attached hydrogen (secondary N) is 1. The van der Waals surface area contributed by atoms with E-state index >= 15 is 0 Å². The SMILES string of the molecule is CC1=NC2=C(C(=O)CCC2)[C@@H](c2ccc([N+](=O)[O-])cc2)C1C(=O)Nc1ccccc1C. The number of rotatable bonds is 4. The largest absolute Gasteiger partial charge is 0.325 e. The quantitative estimate of drug-likeness (QED) is 0.574. The average Bonchev–Trinajstić information content (AvgIpc) is 2.74. The van der Waals surface area contributed by atoms with E-state index in [0.717, 1.165) is 17.7 Å². The fraction of sp³-hybridized carbons (Fsp3) is 0.292. The molecule has 0 saturated heterocycles. The van der Waals surface area contributed by atoms with Crippen LogP contribution in [0.15, 0.2) is 64.8 Å². The van der Waals surface area contributed by atoms with Crippen LogP contribution in [0.2, 0.25) is 0 Å². The summed E-state index contributed by atoms with van der Waals surface area (Å²) >= 11 is 0. The van der Waals surface area contributed by atoms with E-state index in [0.29, 0.717) is 35.4 Å². The van der Waals surface area contributed by atoms with Gasteiger partial charge in [-0.2, -0.15) is 0 Å². The zero-order chi connectivity index (χ0) is 22.1. The summed E-state index contributed by atoms with van der Waals surface area (Å²) in [5.74, 6) is -1.45.